The molecule has 0 fully saturated rings. The van der Waals surface area contributed by atoms with Crippen molar-refractivity contribution in [1.82, 2.24) is 0 Å². The van der Waals surface area contributed by atoms with Crippen molar-refractivity contribution in [3.8, 4) is 0 Å². The number of unbranched alkanes of at least 4 members (excludes halogenated alkanes) is 2. The van der Waals surface area contributed by atoms with Crippen molar-refractivity contribution in [3.63, 3.8) is 0 Å². The molecule has 0 spiro atoms. The molecule has 4 nitrogen and oxygen atoms in total. The van der Waals surface area contributed by atoms with Gasteiger partial charge >= 0.3 is 5.97 Å². The fraction of sp³-hybridized carbons (Fsp3) is 0.571. The van der Waals surface area contributed by atoms with Crippen molar-refractivity contribution >= 4 is 11.8 Å². The van der Waals surface area contributed by atoms with Crippen molar-refractivity contribution in [2.24, 2.45) is 0 Å². The lowest BCUT2D eigenvalue weighted by Crippen LogP contribution is -2.02. The van der Waals surface area contributed by atoms with Gasteiger partial charge in [-0.3, -0.25) is 9.59 Å². The third-order valence-corrected chi connectivity index (χ3v) is 2.69. The SMILES string of the molecule is CCOC(=O)CCCC/C=C\C1=CC(O)CC1=O. The molecule has 0 heterocycles. The van der Waals surface area contributed by atoms with Crippen LogP contribution in [0.4, 0.5) is 0 Å². The van der Waals surface area contributed by atoms with Crippen LogP contribution in [0.15, 0.2) is 23.8 Å². The molecule has 0 aliphatic heterocycles. The minimum atomic E-state index is -0.624. The molecule has 0 aromatic rings. The van der Waals surface area contributed by atoms with Gasteiger partial charge in [-0.05, 0) is 32.3 Å². The summed E-state index contributed by atoms with van der Waals surface area (Å²) in [6, 6.07) is 0. The lowest BCUT2D eigenvalue weighted by Gasteiger charge is -1.99. The van der Waals surface area contributed by atoms with E-state index in [2.05, 4.69) is 0 Å². The zero-order valence-electron chi connectivity index (χ0n) is 10.7. The second-order valence-corrected chi connectivity index (χ2v) is 4.27. The third kappa shape index (κ3) is 5.27. The number of hydrogen-bond acceptors (Lipinski definition) is 4. The minimum Gasteiger partial charge on any atom is -0.466 e. The molecule has 1 unspecified atom stereocenters. The molecular weight excluding hydrogens is 232 g/mol. The molecule has 0 saturated heterocycles. The van der Waals surface area contributed by atoms with Crippen molar-refractivity contribution in [1.29, 1.82) is 0 Å². The molecule has 1 aliphatic rings. The number of ketones is 1. The zero-order chi connectivity index (χ0) is 13.4. The highest BCUT2D eigenvalue weighted by Gasteiger charge is 2.19. The van der Waals surface area contributed by atoms with E-state index in [1.807, 2.05) is 6.08 Å². The van der Waals surface area contributed by atoms with Gasteiger partial charge in [-0.2, -0.15) is 0 Å². The number of Topliss-reactive ketones (excluding diaryl/α,β-unsaturated/α-hetero) is 1. The average Bonchev–Trinajstić information content (AvgIpc) is 2.62. The third-order valence-electron chi connectivity index (χ3n) is 2.69. The molecule has 0 saturated carbocycles. The Hall–Kier alpha value is -1.42. The van der Waals surface area contributed by atoms with Gasteiger partial charge in [0.1, 0.15) is 0 Å². The average molecular weight is 252 g/mol. The maximum atomic E-state index is 11.3. The molecular formula is C14H20O4. The standard InChI is InChI=1S/C14H20O4/c1-2-18-14(17)8-6-4-3-5-7-11-9-12(15)10-13(11)16/h5,7,9,12,15H,2-4,6,8,10H2,1H3/b7-5-. The molecule has 18 heavy (non-hydrogen) atoms. The van der Waals surface area contributed by atoms with Crippen LogP contribution in [0.1, 0.15) is 39.0 Å². The van der Waals surface area contributed by atoms with E-state index in [9.17, 15) is 14.7 Å². The van der Waals surface area contributed by atoms with Gasteiger partial charge in [-0.25, -0.2) is 0 Å². The summed E-state index contributed by atoms with van der Waals surface area (Å²) in [5.41, 5.74) is 0.591. The number of carbonyl (C=O) groups excluding carboxylic acids is 2. The monoisotopic (exact) mass is 252 g/mol. The van der Waals surface area contributed by atoms with Crippen molar-refractivity contribution in [3.05, 3.63) is 23.8 Å². The highest BCUT2D eigenvalue weighted by atomic mass is 16.5. The number of allylic oxidation sites excluding steroid dienone is 3. The van der Waals surface area contributed by atoms with Gasteiger partial charge in [0.2, 0.25) is 0 Å². The van der Waals surface area contributed by atoms with Gasteiger partial charge < -0.3 is 9.84 Å². The van der Waals surface area contributed by atoms with E-state index in [0.717, 1.165) is 19.3 Å². The van der Waals surface area contributed by atoms with Crippen LogP contribution < -0.4 is 0 Å². The number of carbonyl (C=O) groups is 2. The van der Waals surface area contributed by atoms with Crippen molar-refractivity contribution in [2.45, 2.75) is 45.1 Å². The maximum absolute atomic E-state index is 11.3. The molecule has 1 atom stereocenters. The zero-order valence-corrected chi connectivity index (χ0v) is 10.7. The van der Waals surface area contributed by atoms with Gasteiger partial charge in [0.05, 0.1) is 12.7 Å². The van der Waals surface area contributed by atoms with Gasteiger partial charge in [-0.1, -0.05) is 12.2 Å². The van der Waals surface area contributed by atoms with Crippen LogP contribution in [0.5, 0.6) is 0 Å². The summed E-state index contributed by atoms with van der Waals surface area (Å²) in [6.07, 6.45) is 7.76. The van der Waals surface area contributed by atoms with E-state index >= 15 is 0 Å². The molecule has 0 aromatic heterocycles. The van der Waals surface area contributed by atoms with Crippen molar-refractivity contribution in [2.75, 3.05) is 6.61 Å². The Morgan fingerprint density at radius 2 is 2.33 bits per heavy atom. The first-order valence-corrected chi connectivity index (χ1v) is 6.38. The highest BCUT2D eigenvalue weighted by Crippen LogP contribution is 2.16. The normalized spacial score (nSPS) is 19.3. The smallest absolute Gasteiger partial charge is 0.305 e. The Bertz CT molecular complexity index is 355. The molecule has 0 amide bonds. The Morgan fingerprint density at radius 3 is 2.94 bits per heavy atom. The number of aliphatic hydroxyl groups is 1. The Balaban J connectivity index is 2.13. The van der Waals surface area contributed by atoms with Gasteiger partial charge in [0.25, 0.3) is 0 Å². The number of esters is 1. The summed E-state index contributed by atoms with van der Waals surface area (Å²) < 4.78 is 4.82. The first-order valence-electron chi connectivity index (χ1n) is 6.38. The number of ether oxygens (including phenoxy) is 1. The van der Waals surface area contributed by atoms with E-state index in [1.54, 1.807) is 19.1 Å². The molecule has 0 bridgehead atoms. The predicted octanol–water partition coefficient (Wildman–Crippen LogP) is 1.93. The van der Waals surface area contributed by atoms with E-state index < -0.39 is 6.10 Å². The fourth-order valence-corrected chi connectivity index (χ4v) is 1.79. The van der Waals surface area contributed by atoms with E-state index in [0.29, 0.717) is 18.6 Å². The molecule has 0 aromatic carbocycles. The summed E-state index contributed by atoms with van der Waals surface area (Å²) in [5, 5.41) is 9.24. The van der Waals surface area contributed by atoms with Crippen LogP contribution in [0.25, 0.3) is 0 Å². The largest absolute Gasteiger partial charge is 0.466 e. The van der Waals surface area contributed by atoms with Gasteiger partial charge in [-0.15, -0.1) is 0 Å². The summed E-state index contributed by atoms with van der Waals surface area (Å²) in [7, 11) is 0. The Kier molecular flexibility index (Phi) is 6.36. The summed E-state index contributed by atoms with van der Waals surface area (Å²) in [5.74, 6) is -0.163. The quantitative estimate of drug-likeness (QED) is 0.555. The lowest BCUT2D eigenvalue weighted by atomic mass is 10.1. The fourth-order valence-electron chi connectivity index (χ4n) is 1.79. The van der Waals surface area contributed by atoms with Gasteiger partial charge in [0.15, 0.2) is 5.78 Å². The second kappa shape index (κ2) is 7.82. The molecule has 1 rings (SSSR count). The maximum Gasteiger partial charge on any atom is 0.305 e. The molecule has 1 aliphatic carbocycles. The molecule has 100 valence electrons. The molecule has 1 N–H and O–H groups in total. The summed E-state index contributed by atoms with van der Waals surface area (Å²) in [4.78, 5) is 22.4. The molecule has 4 heteroatoms. The lowest BCUT2D eigenvalue weighted by molar-refractivity contribution is -0.143. The first-order chi connectivity index (χ1) is 8.63. The van der Waals surface area contributed by atoms with Crippen LogP contribution in [0, 0.1) is 0 Å². The van der Waals surface area contributed by atoms with Crippen LogP contribution in [-0.4, -0.2) is 29.6 Å². The number of aliphatic hydroxyl groups excluding tert-OH is 1. The summed E-state index contributed by atoms with van der Waals surface area (Å²) >= 11 is 0. The first kappa shape index (κ1) is 14.6. The summed E-state index contributed by atoms with van der Waals surface area (Å²) in [6.45, 7) is 2.22. The van der Waals surface area contributed by atoms with Crippen molar-refractivity contribution < 1.29 is 19.4 Å². The molecule has 0 radical (unpaired) electrons. The van der Waals surface area contributed by atoms with Crippen LogP contribution >= 0.6 is 0 Å². The van der Waals surface area contributed by atoms with E-state index in [-0.39, 0.29) is 18.2 Å². The van der Waals surface area contributed by atoms with Gasteiger partial charge in [0, 0.05) is 18.4 Å². The van der Waals surface area contributed by atoms with Crippen LogP contribution in [-0.2, 0) is 14.3 Å². The second-order valence-electron chi connectivity index (χ2n) is 4.27. The Morgan fingerprint density at radius 1 is 1.56 bits per heavy atom. The van der Waals surface area contributed by atoms with E-state index in [4.69, 9.17) is 4.74 Å². The van der Waals surface area contributed by atoms with Crippen LogP contribution in [0.3, 0.4) is 0 Å². The minimum absolute atomic E-state index is 0.00901. The predicted molar refractivity (Wildman–Crippen MR) is 68.0 cm³/mol. The highest BCUT2D eigenvalue weighted by molar-refractivity contribution is 6.00. The van der Waals surface area contributed by atoms with E-state index in [1.165, 1.54) is 0 Å². The number of rotatable bonds is 7. The topological polar surface area (TPSA) is 63.6 Å². The Labute approximate surface area is 107 Å². The van der Waals surface area contributed by atoms with Crippen LogP contribution in [0.2, 0.25) is 0 Å². The number of hydrogen-bond donors (Lipinski definition) is 1.